The predicted octanol–water partition coefficient (Wildman–Crippen LogP) is 3.31. The molecule has 1 aliphatic heterocycles. The monoisotopic (exact) mass is 357 g/mol. The van der Waals surface area contributed by atoms with Gasteiger partial charge in [0.2, 0.25) is 0 Å². The molecule has 0 spiro atoms. The highest BCUT2D eigenvalue weighted by Crippen LogP contribution is 2.34. The van der Waals surface area contributed by atoms with E-state index in [4.69, 9.17) is 9.47 Å². The Balaban J connectivity index is 1.63. The first-order chi connectivity index (χ1) is 12.1. The van der Waals surface area contributed by atoms with Crippen LogP contribution in [0.3, 0.4) is 0 Å². The van der Waals surface area contributed by atoms with Crippen LogP contribution in [0.1, 0.15) is 34.7 Å². The van der Waals surface area contributed by atoms with Crippen molar-refractivity contribution in [3.63, 3.8) is 0 Å². The molecule has 4 rings (SSSR count). The molecule has 1 amide bonds. The lowest BCUT2D eigenvalue weighted by Crippen LogP contribution is -2.31. The lowest BCUT2D eigenvalue weighted by molar-refractivity contribution is 0.0734. The van der Waals surface area contributed by atoms with Gasteiger partial charge in [0.25, 0.3) is 5.91 Å². The Morgan fingerprint density at radius 1 is 1.32 bits per heavy atom. The number of aryl methyl sites for hydroxylation is 1. The number of carbonyl (C=O) groups is 1. The number of nitrogens with zero attached hydrogens (tertiary/aromatic N) is 3. The summed E-state index contributed by atoms with van der Waals surface area (Å²) in [6, 6.07) is 5.73. The van der Waals surface area contributed by atoms with Gasteiger partial charge in [-0.15, -0.1) is 11.3 Å². The van der Waals surface area contributed by atoms with Gasteiger partial charge < -0.3 is 14.4 Å². The van der Waals surface area contributed by atoms with Gasteiger partial charge in [-0.05, 0) is 31.5 Å². The largest absolute Gasteiger partial charge is 0.486 e. The van der Waals surface area contributed by atoms with Crippen LogP contribution < -0.4 is 9.47 Å². The number of imidazole rings is 1. The van der Waals surface area contributed by atoms with E-state index in [2.05, 4.69) is 4.98 Å². The quantitative estimate of drug-likeness (QED) is 0.722. The fourth-order valence-electron chi connectivity index (χ4n) is 3.04. The van der Waals surface area contributed by atoms with Crippen LogP contribution in [-0.4, -0.2) is 40.5 Å². The Morgan fingerprint density at radius 3 is 2.88 bits per heavy atom. The molecule has 0 aliphatic carbocycles. The molecule has 3 aromatic rings. The maximum atomic E-state index is 13.1. The zero-order valence-electron chi connectivity index (χ0n) is 14.4. The summed E-state index contributed by atoms with van der Waals surface area (Å²) in [6.45, 7) is 4.99. The fraction of sp³-hybridized carbons (Fsp3) is 0.333. The Bertz CT molecular complexity index is 946. The summed E-state index contributed by atoms with van der Waals surface area (Å²) in [5.41, 5.74) is 2.37. The number of benzene rings is 1. The van der Waals surface area contributed by atoms with Crippen LogP contribution in [-0.2, 0) is 0 Å². The van der Waals surface area contributed by atoms with Gasteiger partial charge in [-0.1, -0.05) is 6.07 Å². The number of hydrogen-bond donors (Lipinski definition) is 0. The van der Waals surface area contributed by atoms with E-state index in [-0.39, 0.29) is 11.9 Å². The van der Waals surface area contributed by atoms with Crippen molar-refractivity contribution < 1.29 is 14.3 Å². The molecule has 6 nitrogen and oxygen atoms in total. The first kappa shape index (κ1) is 16.0. The van der Waals surface area contributed by atoms with Crippen molar-refractivity contribution in [3.8, 4) is 11.5 Å². The molecular weight excluding hydrogens is 338 g/mol. The topological polar surface area (TPSA) is 56.1 Å². The lowest BCUT2D eigenvalue weighted by atomic mass is 10.1. The van der Waals surface area contributed by atoms with Crippen LogP contribution >= 0.6 is 11.3 Å². The van der Waals surface area contributed by atoms with Crippen molar-refractivity contribution in [2.24, 2.45) is 0 Å². The predicted molar refractivity (Wildman–Crippen MR) is 95.7 cm³/mol. The number of hydrogen-bond acceptors (Lipinski definition) is 5. The highest BCUT2D eigenvalue weighted by molar-refractivity contribution is 7.15. The van der Waals surface area contributed by atoms with Gasteiger partial charge in [0.05, 0.1) is 11.7 Å². The molecule has 0 radical (unpaired) electrons. The van der Waals surface area contributed by atoms with Gasteiger partial charge >= 0.3 is 0 Å². The summed E-state index contributed by atoms with van der Waals surface area (Å²) in [7, 11) is 1.81. The Morgan fingerprint density at radius 2 is 2.08 bits per heavy atom. The average molecular weight is 357 g/mol. The number of thiazole rings is 1. The average Bonchev–Trinajstić information content (AvgIpc) is 3.19. The normalized spacial score (nSPS) is 14.5. The molecule has 0 saturated heterocycles. The van der Waals surface area contributed by atoms with Crippen molar-refractivity contribution in [1.29, 1.82) is 0 Å². The van der Waals surface area contributed by atoms with E-state index in [1.54, 1.807) is 4.90 Å². The van der Waals surface area contributed by atoms with E-state index in [1.807, 2.05) is 55.1 Å². The molecule has 1 aliphatic rings. The summed E-state index contributed by atoms with van der Waals surface area (Å²) < 4.78 is 13.1. The maximum absolute atomic E-state index is 13.1. The van der Waals surface area contributed by atoms with Gasteiger partial charge in [-0.2, -0.15) is 0 Å². The zero-order valence-corrected chi connectivity index (χ0v) is 15.2. The summed E-state index contributed by atoms with van der Waals surface area (Å²) in [6.07, 6.45) is 1.88. The van der Waals surface area contributed by atoms with Gasteiger partial charge in [0.1, 0.15) is 18.9 Å². The number of rotatable bonds is 3. The van der Waals surface area contributed by atoms with Crippen LogP contribution in [0.2, 0.25) is 0 Å². The summed E-state index contributed by atoms with van der Waals surface area (Å²) in [5.74, 6) is 1.44. The van der Waals surface area contributed by atoms with Gasteiger partial charge in [-0.3, -0.25) is 9.20 Å². The second-order valence-corrected chi connectivity index (χ2v) is 6.97. The molecular formula is C18H19N3O3S. The molecule has 7 heteroatoms. The Labute approximate surface area is 149 Å². The summed E-state index contributed by atoms with van der Waals surface area (Å²) >= 11 is 1.52. The first-order valence-electron chi connectivity index (χ1n) is 8.15. The molecule has 1 atom stereocenters. The zero-order chi connectivity index (χ0) is 17.6. The second-order valence-electron chi connectivity index (χ2n) is 6.10. The minimum Gasteiger partial charge on any atom is -0.486 e. The van der Waals surface area contributed by atoms with Crippen LogP contribution in [0.25, 0.3) is 4.96 Å². The molecule has 0 fully saturated rings. The third-order valence-electron chi connectivity index (χ3n) is 4.59. The van der Waals surface area contributed by atoms with Gasteiger partial charge in [0, 0.05) is 18.6 Å². The molecule has 2 aromatic heterocycles. The number of fused-ring (bicyclic) bond motifs is 2. The van der Waals surface area contributed by atoms with Gasteiger partial charge in [0.15, 0.2) is 16.5 Å². The standard InChI is InChI=1S/C18H19N3O3S/c1-11-16(21-6-9-25-18(21)19-11)17(22)20(3)12(2)13-4-5-14-15(10-13)24-8-7-23-14/h4-6,9-10,12H,7-8H2,1-3H3. The van der Waals surface area contributed by atoms with Crippen molar-refractivity contribution in [1.82, 2.24) is 14.3 Å². The van der Waals surface area contributed by atoms with Gasteiger partial charge in [-0.25, -0.2) is 4.98 Å². The highest BCUT2D eigenvalue weighted by atomic mass is 32.1. The second kappa shape index (κ2) is 6.07. The number of ether oxygens (including phenoxy) is 2. The first-order valence-corrected chi connectivity index (χ1v) is 9.03. The highest BCUT2D eigenvalue weighted by Gasteiger charge is 2.25. The van der Waals surface area contributed by atoms with E-state index in [9.17, 15) is 4.79 Å². The van der Waals surface area contributed by atoms with E-state index in [1.165, 1.54) is 11.3 Å². The smallest absolute Gasteiger partial charge is 0.273 e. The van der Waals surface area contributed by atoms with E-state index in [0.717, 1.165) is 27.7 Å². The third-order valence-corrected chi connectivity index (χ3v) is 5.35. The maximum Gasteiger partial charge on any atom is 0.273 e. The number of carbonyl (C=O) groups excluding carboxylic acids is 1. The SMILES string of the molecule is Cc1nc2sccn2c1C(=O)N(C)C(C)c1ccc2c(c1)OCCO2. The number of aromatic nitrogens is 2. The van der Waals surface area contributed by atoms with Crippen molar-refractivity contribution >= 4 is 22.2 Å². The lowest BCUT2D eigenvalue weighted by Gasteiger charge is -2.27. The third kappa shape index (κ3) is 2.64. The van der Waals surface area contributed by atoms with Crippen LogP contribution in [0.4, 0.5) is 0 Å². The van der Waals surface area contributed by atoms with Crippen molar-refractivity contribution in [2.45, 2.75) is 19.9 Å². The van der Waals surface area contributed by atoms with Crippen LogP contribution in [0.5, 0.6) is 11.5 Å². The van der Waals surface area contributed by atoms with Crippen LogP contribution in [0, 0.1) is 6.92 Å². The molecule has 25 heavy (non-hydrogen) atoms. The van der Waals surface area contributed by atoms with E-state index >= 15 is 0 Å². The minimum atomic E-state index is -0.105. The number of amides is 1. The molecule has 0 N–H and O–H groups in total. The summed E-state index contributed by atoms with van der Waals surface area (Å²) in [4.78, 5) is 20.1. The Kier molecular flexibility index (Phi) is 3.88. The molecule has 0 saturated carbocycles. The molecule has 1 aromatic carbocycles. The molecule has 3 heterocycles. The van der Waals surface area contributed by atoms with Crippen molar-refractivity contribution in [2.75, 3.05) is 20.3 Å². The molecule has 0 bridgehead atoms. The van der Waals surface area contributed by atoms with E-state index in [0.29, 0.717) is 18.9 Å². The fourth-order valence-corrected chi connectivity index (χ4v) is 3.80. The van der Waals surface area contributed by atoms with Crippen molar-refractivity contribution in [3.05, 3.63) is 46.7 Å². The molecule has 130 valence electrons. The molecule has 1 unspecified atom stereocenters. The van der Waals surface area contributed by atoms with Crippen LogP contribution in [0.15, 0.2) is 29.8 Å². The minimum absolute atomic E-state index is 0.0502. The Hall–Kier alpha value is -2.54. The van der Waals surface area contributed by atoms with E-state index < -0.39 is 0 Å². The summed E-state index contributed by atoms with van der Waals surface area (Å²) in [5, 5.41) is 1.93.